The largest absolute Gasteiger partial charge is 0.434 e. The number of halogens is 1. The maximum absolute atomic E-state index is 11.7. The molecule has 2 aromatic rings. The van der Waals surface area contributed by atoms with Crippen molar-refractivity contribution in [1.29, 1.82) is 5.26 Å². The van der Waals surface area contributed by atoms with Crippen molar-refractivity contribution >= 4 is 33.5 Å². The lowest BCUT2D eigenvalue weighted by molar-refractivity contribution is 0.261. The Morgan fingerprint density at radius 1 is 1.22 bits per heavy atom. The summed E-state index contributed by atoms with van der Waals surface area (Å²) in [5.41, 5.74) is 0.844. The molecule has 2 amide bonds. The zero-order valence-electron chi connectivity index (χ0n) is 9.11. The van der Waals surface area contributed by atoms with E-state index in [1.807, 2.05) is 6.07 Å². The standard InChI is InChI=1S/C12H8BrN3O2/c13-10-5-6-11(18-10)16-12(17)15-9-4-2-1-3-8(9)7-14/h1-6H,(H2,15,16,17). The van der Waals surface area contributed by atoms with Crippen LogP contribution in [0, 0.1) is 11.3 Å². The molecule has 0 bridgehead atoms. The summed E-state index contributed by atoms with van der Waals surface area (Å²) >= 11 is 3.13. The summed E-state index contributed by atoms with van der Waals surface area (Å²) in [5, 5.41) is 14.0. The first-order chi connectivity index (χ1) is 8.69. The highest BCUT2D eigenvalue weighted by atomic mass is 79.9. The Labute approximate surface area is 112 Å². The highest BCUT2D eigenvalue weighted by Crippen LogP contribution is 2.19. The molecule has 18 heavy (non-hydrogen) atoms. The molecule has 0 fully saturated rings. The number of hydrogen-bond donors (Lipinski definition) is 2. The van der Waals surface area contributed by atoms with Gasteiger partial charge in [-0.2, -0.15) is 5.26 Å². The first-order valence-corrected chi connectivity index (χ1v) is 5.81. The molecule has 1 aromatic carbocycles. The van der Waals surface area contributed by atoms with Crippen molar-refractivity contribution < 1.29 is 9.21 Å². The first-order valence-electron chi connectivity index (χ1n) is 5.01. The summed E-state index contributed by atoms with van der Waals surface area (Å²) in [7, 11) is 0. The van der Waals surface area contributed by atoms with Crippen LogP contribution in [0.5, 0.6) is 0 Å². The summed E-state index contributed by atoms with van der Waals surface area (Å²) < 4.78 is 5.65. The van der Waals surface area contributed by atoms with Gasteiger partial charge in [0.1, 0.15) is 6.07 Å². The fourth-order valence-corrected chi connectivity index (χ4v) is 1.64. The van der Waals surface area contributed by atoms with Crippen LogP contribution in [0.2, 0.25) is 0 Å². The molecule has 0 atom stereocenters. The number of benzene rings is 1. The second-order valence-corrected chi connectivity index (χ2v) is 4.12. The van der Waals surface area contributed by atoms with Crippen LogP contribution in [0.4, 0.5) is 16.4 Å². The van der Waals surface area contributed by atoms with E-state index in [0.717, 1.165) is 0 Å². The van der Waals surface area contributed by atoms with E-state index in [9.17, 15) is 4.79 Å². The lowest BCUT2D eigenvalue weighted by Gasteiger charge is -2.06. The average Bonchev–Trinajstić information content (AvgIpc) is 2.75. The van der Waals surface area contributed by atoms with Crippen LogP contribution in [-0.2, 0) is 0 Å². The molecule has 2 N–H and O–H groups in total. The van der Waals surface area contributed by atoms with Crippen molar-refractivity contribution in [1.82, 2.24) is 0 Å². The van der Waals surface area contributed by atoms with E-state index in [1.54, 1.807) is 36.4 Å². The number of carbonyl (C=O) groups excluding carboxylic acids is 1. The summed E-state index contributed by atoms with van der Waals surface area (Å²) in [5.74, 6) is 0.314. The number of furan rings is 1. The third-order valence-corrected chi connectivity index (χ3v) is 2.53. The van der Waals surface area contributed by atoms with E-state index in [0.29, 0.717) is 21.8 Å². The molecule has 0 spiro atoms. The minimum absolute atomic E-state index is 0.314. The van der Waals surface area contributed by atoms with Gasteiger partial charge in [0, 0.05) is 6.07 Å². The number of hydrogen-bond acceptors (Lipinski definition) is 3. The molecule has 0 aliphatic rings. The van der Waals surface area contributed by atoms with Crippen molar-refractivity contribution in [2.75, 3.05) is 10.6 Å². The van der Waals surface area contributed by atoms with E-state index in [1.165, 1.54) is 0 Å². The summed E-state index contributed by atoms with van der Waals surface area (Å²) in [6.07, 6.45) is 0. The predicted octanol–water partition coefficient (Wildman–Crippen LogP) is 3.56. The van der Waals surface area contributed by atoms with Crippen molar-refractivity contribution in [3.05, 3.63) is 46.6 Å². The maximum atomic E-state index is 11.7. The molecule has 0 unspecified atom stereocenters. The molecule has 1 heterocycles. The van der Waals surface area contributed by atoms with Crippen LogP contribution in [0.1, 0.15) is 5.56 Å². The summed E-state index contributed by atoms with van der Waals surface area (Å²) in [4.78, 5) is 11.7. The van der Waals surface area contributed by atoms with Crippen LogP contribution >= 0.6 is 15.9 Å². The Morgan fingerprint density at radius 2 is 2.00 bits per heavy atom. The van der Waals surface area contributed by atoms with Crippen LogP contribution in [0.15, 0.2) is 45.5 Å². The van der Waals surface area contributed by atoms with Crippen molar-refractivity contribution in [3.63, 3.8) is 0 Å². The van der Waals surface area contributed by atoms with Gasteiger partial charge in [-0.1, -0.05) is 12.1 Å². The zero-order chi connectivity index (χ0) is 13.0. The molecule has 0 radical (unpaired) electrons. The zero-order valence-corrected chi connectivity index (χ0v) is 10.7. The summed E-state index contributed by atoms with van der Waals surface area (Å²) in [6, 6.07) is 11.5. The maximum Gasteiger partial charge on any atom is 0.326 e. The molecule has 0 aliphatic carbocycles. The number of rotatable bonds is 2. The number of para-hydroxylation sites is 1. The van der Waals surface area contributed by atoms with Gasteiger partial charge in [-0.05, 0) is 34.1 Å². The highest BCUT2D eigenvalue weighted by molar-refractivity contribution is 9.10. The average molecular weight is 306 g/mol. The van der Waals surface area contributed by atoms with Gasteiger partial charge >= 0.3 is 6.03 Å². The van der Waals surface area contributed by atoms with Crippen LogP contribution in [0.25, 0.3) is 0 Å². The number of carbonyl (C=O) groups is 1. The predicted molar refractivity (Wildman–Crippen MR) is 70.2 cm³/mol. The lowest BCUT2D eigenvalue weighted by atomic mass is 10.2. The molecule has 0 saturated carbocycles. The number of nitriles is 1. The number of nitrogens with one attached hydrogen (secondary N) is 2. The highest BCUT2D eigenvalue weighted by Gasteiger charge is 2.08. The van der Waals surface area contributed by atoms with Gasteiger partial charge in [-0.3, -0.25) is 5.32 Å². The molecular formula is C12H8BrN3O2. The second kappa shape index (κ2) is 5.38. The summed E-state index contributed by atoms with van der Waals surface area (Å²) in [6.45, 7) is 0. The molecule has 90 valence electrons. The van der Waals surface area contributed by atoms with Crippen LogP contribution in [-0.4, -0.2) is 6.03 Å². The van der Waals surface area contributed by atoms with Gasteiger partial charge < -0.3 is 9.73 Å². The van der Waals surface area contributed by atoms with Gasteiger partial charge in [-0.25, -0.2) is 4.79 Å². The van der Waals surface area contributed by atoms with Crippen molar-refractivity contribution in [2.45, 2.75) is 0 Å². The van der Waals surface area contributed by atoms with Crippen molar-refractivity contribution in [2.24, 2.45) is 0 Å². The SMILES string of the molecule is N#Cc1ccccc1NC(=O)Nc1ccc(Br)o1. The van der Waals surface area contributed by atoms with Gasteiger partial charge in [0.2, 0.25) is 5.88 Å². The number of nitrogens with zero attached hydrogens (tertiary/aromatic N) is 1. The first kappa shape index (κ1) is 12.2. The van der Waals surface area contributed by atoms with Gasteiger partial charge in [0.25, 0.3) is 0 Å². The smallest absolute Gasteiger partial charge is 0.326 e. The second-order valence-electron chi connectivity index (χ2n) is 3.34. The fraction of sp³-hybridized carbons (Fsp3) is 0. The molecule has 1 aromatic heterocycles. The van der Waals surface area contributed by atoms with E-state index < -0.39 is 6.03 Å². The molecule has 0 saturated heterocycles. The number of amides is 2. The van der Waals surface area contributed by atoms with Gasteiger partial charge in [0.05, 0.1) is 11.3 Å². The quantitative estimate of drug-likeness (QED) is 0.890. The van der Waals surface area contributed by atoms with Gasteiger partial charge in [-0.15, -0.1) is 0 Å². The minimum atomic E-state index is -0.473. The number of urea groups is 1. The lowest BCUT2D eigenvalue weighted by Crippen LogP contribution is -2.19. The topological polar surface area (TPSA) is 78.1 Å². The Balaban J connectivity index is 2.06. The third kappa shape index (κ3) is 2.90. The molecule has 6 heteroatoms. The Bertz CT molecular complexity index is 616. The Kier molecular flexibility index (Phi) is 3.65. The Hall–Kier alpha value is -2.26. The van der Waals surface area contributed by atoms with E-state index >= 15 is 0 Å². The molecular weight excluding hydrogens is 298 g/mol. The Morgan fingerprint density at radius 3 is 2.67 bits per heavy atom. The van der Waals surface area contributed by atoms with Crippen LogP contribution < -0.4 is 10.6 Å². The van der Waals surface area contributed by atoms with Gasteiger partial charge in [0.15, 0.2) is 4.67 Å². The van der Waals surface area contributed by atoms with Crippen molar-refractivity contribution in [3.8, 4) is 6.07 Å². The van der Waals surface area contributed by atoms with Crippen LogP contribution in [0.3, 0.4) is 0 Å². The third-order valence-electron chi connectivity index (χ3n) is 2.11. The minimum Gasteiger partial charge on any atom is -0.434 e. The monoisotopic (exact) mass is 305 g/mol. The van der Waals surface area contributed by atoms with E-state index in [2.05, 4.69) is 26.6 Å². The van der Waals surface area contributed by atoms with E-state index in [4.69, 9.17) is 9.68 Å². The normalized spacial score (nSPS) is 9.56. The molecule has 0 aliphatic heterocycles. The molecule has 5 nitrogen and oxygen atoms in total. The fourth-order valence-electron chi connectivity index (χ4n) is 1.34. The van der Waals surface area contributed by atoms with E-state index in [-0.39, 0.29) is 0 Å². The number of anilines is 2. The molecule has 2 rings (SSSR count).